The predicted octanol–water partition coefficient (Wildman–Crippen LogP) is 4.45. The van der Waals surface area contributed by atoms with E-state index in [1.807, 2.05) is 37.3 Å². The summed E-state index contributed by atoms with van der Waals surface area (Å²) in [6, 6.07) is 21.4. The van der Waals surface area contributed by atoms with Crippen molar-refractivity contribution in [3.05, 3.63) is 101 Å². The van der Waals surface area contributed by atoms with E-state index in [1.54, 1.807) is 71.3 Å². The van der Waals surface area contributed by atoms with Crippen LogP contribution in [0.25, 0.3) is 0 Å². The van der Waals surface area contributed by atoms with Crippen molar-refractivity contribution in [2.45, 2.75) is 88.7 Å². The Hall–Kier alpha value is -4.80. The van der Waals surface area contributed by atoms with Gasteiger partial charge in [0, 0.05) is 41.1 Å². The lowest BCUT2D eigenvalue weighted by molar-refractivity contribution is -0.146. The monoisotopic (exact) mass is 758 g/mol. The van der Waals surface area contributed by atoms with E-state index < -0.39 is 55.6 Å². The molecule has 15 heteroatoms. The van der Waals surface area contributed by atoms with Crippen molar-refractivity contribution in [3.63, 3.8) is 0 Å². The summed E-state index contributed by atoms with van der Waals surface area (Å²) in [5, 5.41) is 43.6. The number of aliphatic hydroxyl groups excluding tert-OH is 3. The fraction of sp³-hybridized carbons (Fsp3) is 0.410. The number of nitrogens with zero attached hydrogens (tertiary/aromatic N) is 4. The van der Waals surface area contributed by atoms with E-state index in [2.05, 4.69) is 20.9 Å². The number of halogens is 1. The summed E-state index contributed by atoms with van der Waals surface area (Å²) in [4.78, 5) is 41.0. The Morgan fingerprint density at radius 1 is 0.981 bits per heavy atom. The van der Waals surface area contributed by atoms with E-state index in [-0.39, 0.29) is 25.0 Å². The lowest BCUT2D eigenvalue weighted by Crippen LogP contribution is -2.45. The number of rotatable bonds is 13. The first-order chi connectivity index (χ1) is 25.6. The molecule has 2 aliphatic rings. The number of aliphatic hydroxyl groups is 3. The molecule has 0 saturated carbocycles. The van der Waals surface area contributed by atoms with Crippen LogP contribution in [-0.4, -0.2) is 81.4 Å². The van der Waals surface area contributed by atoms with Gasteiger partial charge in [-0.15, -0.1) is 5.10 Å². The van der Waals surface area contributed by atoms with Gasteiger partial charge < -0.3 is 39.7 Å². The molecule has 7 atom stereocenters. The highest BCUT2D eigenvalue weighted by atomic mass is 28.4. The summed E-state index contributed by atoms with van der Waals surface area (Å²) in [7, 11) is -3.50. The number of amides is 3. The smallest absolute Gasteiger partial charge is 0.264 e. The summed E-state index contributed by atoms with van der Waals surface area (Å²) in [5.74, 6) is -2.50. The predicted molar refractivity (Wildman–Crippen MR) is 203 cm³/mol. The molecular weight excluding hydrogens is 712 g/mol. The number of anilines is 3. The van der Waals surface area contributed by atoms with Gasteiger partial charge in [0.1, 0.15) is 12.2 Å². The second-order valence-electron chi connectivity index (χ2n) is 14.8. The molecule has 54 heavy (non-hydrogen) atoms. The minimum absolute atomic E-state index is 0.134. The van der Waals surface area contributed by atoms with E-state index in [0.29, 0.717) is 41.3 Å². The van der Waals surface area contributed by atoms with Gasteiger partial charge in [0.05, 0.1) is 36.6 Å². The average Bonchev–Trinajstić information content (AvgIpc) is 3.79. The van der Waals surface area contributed by atoms with Gasteiger partial charge in [-0.25, -0.2) is 0 Å². The standard InChI is InChI=1S/C39H47FN6O7Si/c1-23-35(54(4,5)40)34(17-18-45-21-32(43-44-45)30(22-47)27-9-7-6-8-10-27)53-39(23)31-19-29(42-37(51)25(3)49)15-16-33(31)46(38(39)52)20-26-11-13-28(14-12-26)41-36(50)24(2)48/h6-16,19,21,23-25,30,34-35,47-49H,17-18,20,22H2,1-5H3,(H,41,50)(H,42,51)/t23-,24+,25+,30?,34+,35-,39+/m1/s1. The summed E-state index contributed by atoms with van der Waals surface area (Å²) in [5.41, 5.74) is 1.93. The van der Waals surface area contributed by atoms with Crippen molar-refractivity contribution < 1.29 is 38.5 Å². The molecule has 0 aliphatic carbocycles. The van der Waals surface area contributed by atoms with E-state index in [9.17, 15) is 29.7 Å². The van der Waals surface area contributed by atoms with Gasteiger partial charge in [-0.2, -0.15) is 0 Å². The van der Waals surface area contributed by atoms with Crippen LogP contribution in [0, 0.1) is 5.92 Å². The fourth-order valence-corrected chi connectivity index (χ4v) is 10.4. The van der Waals surface area contributed by atoms with Crippen molar-refractivity contribution in [2.24, 2.45) is 5.92 Å². The highest BCUT2D eigenvalue weighted by Gasteiger charge is 2.66. The average molecular weight is 759 g/mol. The van der Waals surface area contributed by atoms with Crippen LogP contribution in [0.2, 0.25) is 18.6 Å². The quantitative estimate of drug-likeness (QED) is 0.0973. The van der Waals surface area contributed by atoms with E-state index in [1.165, 1.54) is 13.8 Å². The maximum Gasteiger partial charge on any atom is 0.264 e. The molecule has 2 aliphatic heterocycles. The van der Waals surface area contributed by atoms with Gasteiger partial charge in [-0.05, 0) is 74.8 Å². The van der Waals surface area contributed by atoms with Gasteiger partial charge in [0.2, 0.25) is 8.41 Å². The molecule has 13 nitrogen and oxygen atoms in total. The zero-order valence-electron chi connectivity index (χ0n) is 30.9. The summed E-state index contributed by atoms with van der Waals surface area (Å²) >= 11 is 0. The van der Waals surface area contributed by atoms with E-state index in [4.69, 9.17) is 4.74 Å². The maximum absolute atomic E-state index is 16.5. The van der Waals surface area contributed by atoms with Crippen molar-refractivity contribution in [2.75, 3.05) is 22.1 Å². The molecule has 1 spiro atoms. The molecule has 0 radical (unpaired) electrons. The van der Waals surface area contributed by atoms with Crippen LogP contribution in [-0.2, 0) is 37.8 Å². The molecule has 1 saturated heterocycles. The van der Waals surface area contributed by atoms with Gasteiger partial charge in [0.25, 0.3) is 17.7 Å². The molecule has 5 N–H and O–H groups in total. The molecule has 6 rings (SSSR count). The topological polar surface area (TPSA) is 179 Å². The molecule has 1 aromatic heterocycles. The Labute approximate surface area is 314 Å². The van der Waals surface area contributed by atoms with Crippen molar-refractivity contribution >= 4 is 43.2 Å². The SMILES string of the molecule is C[C@H](O)C(=O)Nc1ccc(CN2C(=O)[C@@]3(O[C@@H](CCn4cc(C(CO)c5ccccc5)nn4)[C@H]([Si](C)(C)F)[C@H]3C)c3cc(NC(=O)[C@H](C)O)ccc32)cc1. The second-order valence-corrected chi connectivity index (χ2v) is 18.6. The van der Waals surface area contributed by atoms with Crippen LogP contribution in [0.5, 0.6) is 0 Å². The highest BCUT2D eigenvalue weighted by Crippen LogP contribution is 2.60. The Balaban J connectivity index is 1.32. The first kappa shape index (κ1) is 38.9. The first-order valence-electron chi connectivity index (χ1n) is 18.1. The molecule has 3 amide bonds. The lowest BCUT2D eigenvalue weighted by atomic mass is 9.82. The molecule has 3 heterocycles. The van der Waals surface area contributed by atoms with Gasteiger partial charge in [0.15, 0.2) is 5.60 Å². The first-order valence-corrected chi connectivity index (χ1v) is 21.1. The van der Waals surface area contributed by atoms with Crippen LogP contribution >= 0.6 is 0 Å². The minimum atomic E-state index is -3.50. The molecule has 1 unspecified atom stereocenters. The van der Waals surface area contributed by atoms with Crippen LogP contribution in [0.1, 0.15) is 55.5 Å². The highest BCUT2D eigenvalue weighted by molar-refractivity contribution is 6.72. The number of hydrogen-bond donors (Lipinski definition) is 5. The number of benzene rings is 3. The second kappa shape index (κ2) is 15.5. The number of hydrogen-bond acceptors (Lipinski definition) is 9. The summed E-state index contributed by atoms with van der Waals surface area (Å²) < 4.78 is 25.1. The molecular formula is C39H47FN6O7Si. The van der Waals surface area contributed by atoms with Crippen LogP contribution < -0.4 is 15.5 Å². The maximum atomic E-state index is 16.5. The number of nitrogens with one attached hydrogen (secondary N) is 2. The van der Waals surface area contributed by atoms with Crippen molar-refractivity contribution in [3.8, 4) is 0 Å². The Morgan fingerprint density at radius 3 is 2.22 bits per heavy atom. The molecule has 0 bridgehead atoms. The fourth-order valence-electron chi connectivity index (χ4n) is 7.82. The molecule has 286 valence electrons. The Bertz CT molecular complexity index is 1990. The normalized spacial score (nSPS) is 22.6. The number of fused-ring (bicyclic) bond motifs is 2. The van der Waals surface area contributed by atoms with E-state index >= 15 is 4.11 Å². The van der Waals surface area contributed by atoms with Crippen LogP contribution in [0.15, 0.2) is 79.0 Å². The largest absolute Gasteiger partial charge is 0.395 e. The third-order valence-corrected chi connectivity index (χ3v) is 12.9. The third kappa shape index (κ3) is 7.59. The van der Waals surface area contributed by atoms with E-state index in [0.717, 1.165) is 11.1 Å². The van der Waals surface area contributed by atoms with Gasteiger partial charge in [-0.3, -0.25) is 19.1 Å². The summed E-state index contributed by atoms with van der Waals surface area (Å²) in [6.45, 7) is 8.12. The Morgan fingerprint density at radius 2 is 1.61 bits per heavy atom. The number of carbonyl (C=O) groups is 3. The zero-order chi connectivity index (χ0) is 38.9. The molecule has 4 aromatic rings. The third-order valence-electron chi connectivity index (χ3n) is 10.5. The summed E-state index contributed by atoms with van der Waals surface area (Å²) in [6.07, 6.45) is -1.03. The molecule has 3 aromatic carbocycles. The van der Waals surface area contributed by atoms with Gasteiger partial charge in [-0.1, -0.05) is 54.6 Å². The van der Waals surface area contributed by atoms with Crippen LogP contribution in [0.3, 0.4) is 0 Å². The van der Waals surface area contributed by atoms with Crippen molar-refractivity contribution in [1.82, 2.24) is 15.0 Å². The zero-order valence-corrected chi connectivity index (χ0v) is 31.9. The number of aryl methyl sites for hydroxylation is 1. The van der Waals surface area contributed by atoms with Crippen LogP contribution in [0.4, 0.5) is 21.2 Å². The minimum Gasteiger partial charge on any atom is -0.395 e. The number of ether oxygens (including phenoxy) is 1. The van der Waals surface area contributed by atoms with Crippen molar-refractivity contribution in [1.29, 1.82) is 0 Å². The lowest BCUT2D eigenvalue weighted by Gasteiger charge is -2.31. The number of aromatic nitrogens is 3. The van der Waals surface area contributed by atoms with Gasteiger partial charge >= 0.3 is 0 Å². The molecule has 1 fully saturated rings. The number of carbonyl (C=O) groups excluding carboxylic acids is 3. The Kier molecular flexibility index (Phi) is 11.2.